The SMILES string of the molecule is c1ccc(-c2ccc(-c3cccc4oc5cc(-c6nc(-c7ccccc7)nc(-c7ccc8cccc(-c9ccccc9)c8c7)n6)ccc5c34)cc2)cc1. The van der Waals surface area contributed by atoms with Gasteiger partial charge in [-0.25, -0.2) is 15.0 Å². The van der Waals surface area contributed by atoms with Crippen LogP contribution in [0.4, 0.5) is 0 Å². The van der Waals surface area contributed by atoms with E-state index in [0.717, 1.165) is 60.5 Å². The van der Waals surface area contributed by atoms with Crippen LogP contribution in [0, 0.1) is 0 Å². The fourth-order valence-corrected chi connectivity index (χ4v) is 7.31. The normalized spacial score (nSPS) is 11.4. The zero-order valence-electron chi connectivity index (χ0n) is 28.6. The Kier molecular flexibility index (Phi) is 7.43. The van der Waals surface area contributed by atoms with Crippen LogP contribution in [0.3, 0.4) is 0 Å². The van der Waals surface area contributed by atoms with Gasteiger partial charge in [0.05, 0.1) is 0 Å². The first kappa shape index (κ1) is 30.6. The van der Waals surface area contributed by atoms with Crippen LogP contribution in [0.1, 0.15) is 0 Å². The molecular formula is C49H31N3O. The molecule has 4 heteroatoms. The van der Waals surface area contributed by atoms with E-state index in [2.05, 4.69) is 140 Å². The zero-order chi connectivity index (χ0) is 35.1. The van der Waals surface area contributed by atoms with Crippen molar-refractivity contribution in [3.63, 3.8) is 0 Å². The Labute approximate surface area is 306 Å². The Hall–Kier alpha value is -7.17. The van der Waals surface area contributed by atoms with Gasteiger partial charge in [-0.1, -0.05) is 164 Å². The summed E-state index contributed by atoms with van der Waals surface area (Å²) in [5.41, 5.74) is 11.3. The molecule has 0 fully saturated rings. The van der Waals surface area contributed by atoms with Crippen molar-refractivity contribution in [2.75, 3.05) is 0 Å². The van der Waals surface area contributed by atoms with Gasteiger partial charge in [-0.15, -0.1) is 0 Å². The quantitative estimate of drug-likeness (QED) is 0.176. The minimum atomic E-state index is 0.587. The zero-order valence-corrected chi connectivity index (χ0v) is 28.6. The number of hydrogen-bond acceptors (Lipinski definition) is 4. The lowest BCUT2D eigenvalue weighted by atomic mass is 9.96. The molecule has 0 bridgehead atoms. The third-order valence-electron chi connectivity index (χ3n) is 9.95. The number of fused-ring (bicyclic) bond motifs is 4. The highest BCUT2D eigenvalue weighted by atomic mass is 16.3. The second kappa shape index (κ2) is 12.9. The predicted octanol–water partition coefficient (Wildman–Crippen LogP) is 12.9. The van der Waals surface area contributed by atoms with Crippen molar-refractivity contribution < 1.29 is 4.42 Å². The Morgan fingerprint density at radius 1 is 0.302 bits per heavy atom. The van der Waals surface area contributed by atoms with Gasteiger partial charge in [0.25, 0.3) is 0 Å². The molecule has 53 heavy (non-hydrogen) atoms. The van der Waals surface area contributed by atoms with E-state index in [1.165, 1.54) is 22.3 Å². The highest BCUT2D eigenvalue weighted by molar-refractivity contribution is 6.13. The molecule has 4 nitrogen and oxygen atoms in total. The van der Waals surface area contributed by atoms with Gasteiger partial charge >= 0.3 is 0 Å². The van der Waals surface area contributed by atoms with E-state index in [1.807, 2.05) is 48.5 Å². The highest BCUT2D eigenvalue weighted by Crippen LogP contribution is 2.39. The van der Waals surface area contributed by atoms with E-state index in [4.69, 9.17) is 19.4 Å². The summed E-state index contributed by atoms with van der Waals surface area (Å²) in [6.07, 6.45) is 0. The molecule has 10 aromatic rings. The topological polar surface area (TPSA) is 51.8 Å². The van der Waals surface area contributed by atoms with Gasteiger partial charge in [0.2, 0.25) is 0 Å². The molecule has 0 aliphatic rings. The molecule has 0 aliphatic heterocycles. The van der Waals surface area contributed by atoms with E-state index in [0.29, 0.717) is 17.5 Å². The predicted molar refractivity (Wildman–Crippen MR) is 217 cm³/mol. The standard InChI is InChI=1S/C49H31N3O/c1-4-12-32(13-5-1)33-22-24-36(25-23-33)41-20-11-21-44-46(41)42-29-28-39(31-45(42)53-44)49-51-47(37-16-8-3-9-17-37)50-48(52-49)38-27-26-35-18-10-19-40(43(35)30-38)34-14-6-2-7-15-34/h1-31H. The summed E-state index contributed by atoms with van der Waals surface area (Å²) < 4.78 is 6.53. The summed E-state index contributed by atoms with van der Waals surface area (Å²) in [7, 11) is 0. The smallest absolute Gasteiger partial charge is 0.164 e. The Bertz CT molecular complexity index is 2920. The number of nitrogens with zero attached hydrogens (tertiary/aromatic N) is 3. The molecule has 10 rings (SSSR count). The summed E-state index contributed by atoms with van der Waals surface area (Å²) in [6.45, 7) is 0. The van der Waals surface area contributed by atoms with Crippen LogP contribution >= 0.6 is 0 Å². The van der Waals surface area contributed by atoms with Gasteiger partial charge in [0.1, 0.15) is 11.2 Å². The second-order valence-corrected chi connectivity index (χ2v) is 13.2. The molecule has 248 valence electrons. The second-order valence-electron chi connectivity index (χ2n) is 13.2. The number of furan rings is 1. The van der Waals surface area contributed by atoms with Crippen molar-refractivity contribution in [3.8, 4) is 67.5 Å². The molecule has 0 saturated carbocycles. The van der Waals surface area contributed by atoms with Gasteiger partial charge in [-0.3, -0.25) is 0 Å². The summed E-state index contributed by atoms with van der Waals surface area (Å²) in [6, 6.07) is 65.2. The molecule has 0 amide bonds. The Morgan fingerprint density at radius 2 is 0.811 bits per heavy atom. The lowest BCUT2D eigenvalue weighted by molar-refractivity contribution is 0.669. The van der Waals surface area contributed by atoms with Crippen LogP contribution in [0.5, 0.6) is 0 Å². The van der Waals surface area contributed by atoms with Crippen LogP contribution in [0.25, 0.3) is 100 Å². The molecule has 0 spiro atoms. The third kappa shape index (κ3) is 5.63. The molecule has 0 aliphatic carbocycles. The molecule has 0 N–H and O–H groups in total. The fourth-order valence-electron chi connectivity index (χ4n) is 7.31. The van der Waals surface area contributed by atoms with Crippen LogP contribution < -0.4 is 0 Å². The van der Waals surface area contributed by atoms with Crippen molar-refractivity contribution in [3.05, 3.63) is 188 Å². The fraction of sp³-hybridized carbons (Fsp3) is 0. The summed E-state index contributed by atoms with van der Waals surface area (Å²) in [5, 5.41) is 4.45. The van der Waals surface area contributed by atoms with Crippen molar-refractivity contribution >= 4 is 32.7 Å². The number of rotatable bonds is 6. The first-order valence-electron chi connectivity index (χ1n) is 17.8. The van der Waals surface area contributed by atoms with Crippen molar-refractivity contribution in [2.45, 2.75) is 0 Å². The van der Waals surface area contributed by atoms with Crippen LogP contribution in [-0.2, 0) is 0 Å². The first-order valence-corrected chi connectivity index (χ1v) is 17.8. The van der Waals surface area contributed by atoms with Gasteiger partial charge in [-0.05, 0) is 68.4 Å². The Morgan fingerprint density at radius 3 is 1.53 bits per heavy atom. The monoisotopic (exact) mass is 677 g/mol. The minimum Gasteiger partial charge on any atom is -0.456 e. The van der Waals surface area contributed by atoms with Crippen molar-refractivity contribution in [1.29, 1.82) is 0 Å². The van der Waals surface area contributed by atoms with Crippen molar-refractivity contribution in [1.82, 2.24) is 15.0 Å². The Balaban J connectivity index is 1.09. The van der Waals surface area contributed by atoms with Gasteiger partial charge in [0, 0.05) is 27.5 Å². The molecule has 0 unspecified atom stereocenters. The molecule has 0 atom stereocenters. The molecule has 0 radical (unpaired) electrons. The molecule has 8 aromatic carbocycles. The van der Waals surface area contributed by atoms with Crippen LogP contribution in [0.2, 0.25) is 0 Å². The minimum absolute atomic E-state index is 0.587. The number of aromatic nitrogens is 3. The average molecular weight is 678 g/mol. The van der Waals surface area contributed by atoms with Gasteiger partial charge in [0.15, 0.2) is 17.5 Å². The maximum absolute atomic E-state index is 6.53. The van der Waals surface area contributed by atoms with E-state index < -0.39 is 0 Å². The first-order chi connectivity index (χ1) is 26.2. The maximum atomic E-state index is 6.53. The van der Waals surface area contributed by atoms with Gasteiger partial charge < -0.3 is 4.42 Å². The summed E-state index contributed by atoms with van der Waals surface area (Å²) in [5.74, 6) is 1.82. The van der Waals surface area contributed by atoms with E-state index in [-0.39, 0.29) is 0 Å². The van der Waals surface area contributed by atoms with Crippen LogP contribution in [0.15, 0.2) is 192 Å². The lowest BCUT2D eigenvalue weighted by Crippen LogP contribution is -2.00. The summed E-state index contributed by atoms with van der Waals surface area (Å²) >= 11 is 0. The molecule has 0 saturated heterocycles. The maximum Gasteiger partial charge on any atom is 0.164 e. The average Bonchev–Trinajstić information content (AvgIpc) is 3.62. The van der Waals surface area contributed by atoms with E-state index in [1.54, 1.807) is 0 Å². The van der Waals surface area contributed by atoms with Gasteiger partial charge in [-0.2, -0.15) is 0 Å². The molecule has 2 heterocycles. The van der Waals surface area contributed by atoms with Crippen molar-refractivity contribution in [2.24, 2.45) is 0 Å². The highest BCUT2D eigenvalue weighted by Gasteiger charge is 2.17. The molecule has 2 aromatic heterocycles. The van der Waals surface area contributed by atoms with E-state index in [9.17, 15) is 0 Å². The number of hydrogen-bond donors (Lipinski definition) is 0. The molecular weight excluding hydrogens is 647 g/mol. The number of benzene rings is 8. The summed E-state index contributed by atoms with van der Waals surface area (Å²) in [4.78, 5) is 15.2. The lowest BCUT2D eigenvalue weighted by Gasteiger charge is -2.11. The van der Waals surface area contributed by atoms with E-state index >= 15 is 0 Å². The third-order valence-corrected chi connectivity index (χ3v) is 9.95. The van der Waals surface area contributed by atoms with Crippen LogP contribution in [-0.4, -0.2) is 15.0 Å². The largest absolute Gasteiger partial charge is 0.456 e.